The minimum Gasteiger partial charge on any atom is -0.299 e. The summed E-state index contributed by atoms with van der Waals surface area (Å²) in [5.74, 6) is 0. The summed E-state index contributed by atoms with van der Waals surface area (Å²) in [5, 5.41) is 4.13. The van der Waals surface area contributed by atoms with Crippen molar-refractivity contribution in [1.82, 2.24) is 5.06 Å². The van der Waals surface area contributed by atoms with Gasteiger partial charge in [-0.1, -0.05) is 0 Å². The number of thiophene rings is 1. The molecule has 1 aliphatic heterocycles. The monoisotopic (exact) mass is 247 g/mol. The van der Waals surface area contributed by atoms with Crippen molar-refractivity contribution in [2.75, 3.05) is 13.2 Å². The normalized spacial score (nSPS) is 18.8. The molecule has 0 spiro atoms. The molecule has 0 N–H and O–H groups in total. The van der Waals surface area contributed by atoms with E-state index in [-0.39, 0.29) is 0 Å². The molecule has 0 atom stereocenters. The molecule has 2 nitrogen and oxygen atoms in total. The van der Waals surface area contributed by atoms with E-state index < -0.39 is 0 Å². The van der Waals surface area contributed by atoms with Crippen LogP contribution >= 0.6 is 27.3 Å². The van der Waals surface area contributed by atoms with Gasteiger partial charge in [-0.3, -0.25) is 4.84 Å². The van der Waals surface area contributed by atoms with E-state index in [0.717, 1.165) is 26.1 Å². The molecule has 0 aliphatic carbocycles. The summed E-state index contributed by atoms with van der Waals surface area (Å²) >= 11 is 5.20. The van der Waals surface area contributed by atoms with Crippen LogP contribution in [-0.4, -0.2) is 18.2 Å². The molecular weight excluding hydrogens is 238 g/mol. The van der Waals surface area contributed by atoms with E-state index in [1.807, 2.05) is 5.06 Å². The second-order valence-corrected chi connectivity index (χ2v) is 4.69. The predicted molar refractivity (Wildman–Crippen MR) is 53.0 cm³/mol. The van der Waals surface area contributed by atoms with Crippen molar-refractivity contribution in [1.29, 1.82) is 0 Å². The van der Waals surface area contributed by atoms with Gasteiger partial charge in [0.05, 0.1) is 13.2 Å². The Morgan fingerprint density at radius 3 is 3.17 bits per heavy atom. The number of nitrogens with zero attached hydrogens (tertiary/aromatic N) is 1. The molecule has 2 rings (SSSR count). The average Bonchev–Trinajstić information content (AvgIpc) is 2.63. The smallest absolute Gasteiger partial charge is 0.0698 e. The van der Waals surface area contributed by atoms with Gasteiger partial charge in [-0.15, -0.1) is 11.3 Å². The van der Waals surface area contributed by atoms with Crippen LogP contribution in [0.2, 0.25) is 0 Å². The fourth-order valence-corrected chi connectivity index (χ4v) is 2.69. The summed E-state index contributed by atoms with van der Waals surface area (Å²) in [7, 11) is 0. The molecule has 0 unspecified atom stereocenters. The Balaban J connectivity index is 1.94. The third-order valence-corrected chi connectivity index (χ3v) is 3.46. The summed E-state index contributed by atoms with van der Waals surface area (Å²) in [5.41, 5.74) is 0. The Morgan fingerprint density at radius 1 is 1.67 bits per heavy atom. The summed E-state index contributed by atoms with van der Waals surface area (Å²) < 4.78 is 1.17. The van der Waals surface area contributed by atoms with E-state index in [1.54, 1.807) is 11.3 Å². The predicted octanol–water partition coefficient (Wildman–Crippen LogP) is 2.65. The van der Waals surface area contributed by atoms with Crippen LogP contribution in [0.25, 0.3) is 0 Å². The molecular formula is C8H10BrNOS. The van der Waals surface area contributed by atoms with Crippen LogP contribution in [0.15, 0.2) is 15.9 Å². The van der Waals surface area contributed by atoms with Gasteiger partial charge in [0.2, 0.25) is 0 Å². The molecule has 0 aromatic carbocycles. The van der Waals surface area contributed by atoms with Gasteiger partial charge >= 0.3 is 0 Å². The van der Waals surface area contributed by atoms with E-state index in [1.165, 1.54) is 9.35 Å². The van der Waals surface area contributed by atoms with Crippen LogP contribution in [0.1, 0.15) is 11.3 Å². The first-order chi connectivity index (χ1) is 5.84. The Kier molecular flexibility index (Phi) is 2.80. The zero-order chi connectivity index (χ0) is 8.39. The van der Waals surface area contributed by atoms with E-state index in [9.17, 15) is 0 Å². The van der Waals surface area contributed by atoms with Gasteiger partial charge in [0.15, 0.2) is 0 Å². The van der Waals surface area contributed by atoms with Crippen LogP contribution in [0.4, 0.5) is 0 Å². The van der Waals surface area contributed by atoms with Crippen LogP contribution < -0.4 is 0 Å². The van der Waals surface area contributed by atoms with E-state index in [0.29, 0.717) is 0 Å². The van der Waals surface area contributed by atoms with Crippen molar-refractivity contribution < 1.29 is 4.84 Å². The first-order valence-corrected chi connectivity index (χ1v) is 5.62. The van der Waals surface area contributed by atoms with Gasteiger partial charge in [-0.25, -0.2) is 0 Å². The minimum absolute atomic E-state index is 0.881. The van der Waals surface area contributed by atoms with Gasteiger partial charge < -0.3 is 0 Å². The molecule has 0 saturated carbocycles. The van der Waals surface area contributed by atoms with Crippen LogP contribution in [0.5, 0.6) is 0 Å². The van der Waals surface area contributed by atoms with E-state index in [4.69, 9.17) is 4.84 Å². The number of hydrogen-bond donors (Lipinski definition) is 0. The lowest BCUT2D eigenvalue weighted by Gasteiger charge is -2.11. The van der Waals surface area contributed by atoms with Gasteiger partial charge in [0.25, 0.3) is 0 Å². The summed E-state index contributed by atoms with van der Waals surface area (Å²) in [6, 6.07) is 2.15. The number of hydrogen-bond acceptors (Lipinski definition) is 3. The highest BCUT2D eigenvalue weighted by Gasteiger charge is 2.13. The van der Waals surface area contributed by atoms with Crippen molar-refractivity contribution in [2.24, 2.45) is 0 Å². The second-order valence-electron chi connectivity index (χ2n) is 2.78. The lowest BCUT2D eigenvalue weighted by molar-refractivity contribution is -0.116. The van der Waals surface area contributed by atoms with Crippen molar-refractivity contribution >= 4 is 27.3 Å². The summed E-state index contributed by atoms with van der Waals surface area (Å²) in [4.78, 5) is 6.74. The van der Waals surface area contributed by atoms with Crippen molar-refractivity contribution in [3.63, 3.8) is 0 Å². The molecule has 2 heterocycles. The molecule has 1 fully saturated rings. The zero-order valence-corrected chi connectivity index (χ0v) is 9.03. The first-order valence-electron chi connectivity index (χ1n) is 3.95. The van der Waals surface area contributed by atoms with Crippen molar-refractivity contribution in [3.8, 4) is 0 Å². The van der Waals surface area contributed by atoms with Crippen LogP contribution in [-0.2, 0) is 11.4 Å². The quantitative estimate of drug-likeness (QED) is 0.797. The summed E-state index contributed by atoms with van der Waals surface area (Å²) in [6.07, 6.45) is 1.16. The third-order valence-electron chi connectivity index (χ3n) is 1.78. The standard InChI is InChI=1S/C8H10BrNOS/c9-7-4-8(12-6-7)5-10-2-1-3-11-10/h4,6H,1-3,5H2. The Morgan fingerprint density at radius 2 is 2.58 bits per heavy atom. The van der Waals surface area contributed by atoms with Crippen LogP contribution in [0, 0.1) is 0 Å². The number of halogens is 1. The lowest BCUT2D eigenvalue weighted by atomic mass is 10.4. The number of rotatable bonds is 2. The second kappa shape index (κ2) is 3.87. The SMILES string of the molecule is Brc1csc(CN2CCCO2)c1. The molecule has 0 amide bonds. The van der Waals surface area contributed by atoms with Crippen molar-refractivity contribution in [2.45, 2.75) is 13.0 Å². The molecule has 66 valence electrons. The minimum atomic E-state index is 0.881. The van der Waals surface area contributed by atoms with Crippen LogP contribution in [0.3, 0.4) is 0 Å². The highest BCUT2D eigenvalue weighted by molar-refractivity contribution is 9.10. The van der Waals surface area contributed by atoms with E-state index in [2.05, 4.69) is 27.4 Å². The maximum atomic E-state index is 5.39. The highest BCUT2D eigenvalue weighted by Crippen LogP contribution is 2.22. The first kappa shape index (κ1) is 8.69. The van der Waals surface area contributed by atoms with Gasteiger partial charge in [-0.05, 0) is 28.4 Å². The molecule has 12 heavy (non-hydrogen) atoms. The molecule has 1 saturated heterocycles. The molecule has 1 aromatic rings. The highest BCUT2D eigenvalue weighted by atomic mass is 79.9. The van der Waals surface area contributed by atoms with Crippen molar-refractivity contribution in [3.05, 3.63) is 20.8 Å². The Labute approximate surface area is 84.2 Å². The fourth-order valence-electron chi connectivity index (χ4n) is 1.23. The zero-order valence-electron chi connectivity index (χ0n) is 6.62. The fraction of sp³-hybridized carbons (Fsp3) is 0.500. The number of hydroxylamine groups is 2. The van der Waals surface area contributed by atoms with Gasteiger partial charge in [-0.2, -0.15) is 5.06 Å². The molecule has 1 aliphatic rings. The van der Waals surface area contributed by atoms with E-state index >= 15 is 0 Å². The Bertz CT molecular complexity index is 257. The average molecular weight is 248 g/mol. The maximum absolute atomic E-state index is 5.39. The maximum Gasteiger partial charge on any atom is 0.0698 e. The molecule has 0 radical (unpaired) electrons. The molecule has 4 heteroatoms. The third kappa shape index (κ3) is 2.07. The Hall–Kier alpha value is 0.1000. The van der Waals surface area contributed by atoms with Gasteiger partial charge in [0, 0.05) is 21.3 Å². The molecule has 1 aromatic heterocycles. The lowest BCUT2D eigenvalue weighted by Crippen LogP contribution is -2.15. The van der Waals surface area contributed by atoms with Gasteiger partial charge in [0.1, 0.15) is 0 Å². The topological polar surface area (TPSA) is 12.5 Å². The largest absolute Gasteiger partial charge is 0.299 e. The molecule has 0 bridgehead atoms. The summed E-state index contributed by atoms with van der Waals surface area (Å²) in [6.45, 7) is 2.87.